The summed E-state index contributed by atoms with van der Waals surface area (Å²) in [5, 5.41) is 0. The first-order valence-corrected chi connectivity index (χ1v) is 8.75. The molecule has 0 aliphatic carbocycles. The fourth-order valence-electron chi connectivity index (χ4n) is 2.10. The molecule has 2 aromatic rings. The Morgan fingerprint density at radius 2 is 1.57 bits per heavy atom. The number of nitrogens with zero attached hydrogens (tertiary/aromatic N) is 1. The van der Waals surface area contributed by atoms with E-state index in [0.717, 1.165) is 10.6 Å². The first-order chi connectivity index (χ1) is 10.8. The Balaban J connectivity index is 2.27. The van der Waals surface area contributed by atoms with Crippen molar-refractivity contribution in [2.75, 3.05) is 10.6 Å². The Morgan fingerprint density at radius 1 is 1.04 bits per heavy atom. The molecule has 1 amide bonds. The van der Waals surface area contributed by atoms with Crippen LogP contribution in [0, 0.1) is 0 Å². The van der Waals surface area contributed by atoms with Crippen molar-refractivity contribution in [3.63, 3.8) is 0 Å². The van der Waals surface area contributed by atoms with Crippen LogP contribution < -0.4 is 14.8 Å². The molecule has 1 atom stereocenters. The van der Waals surface area contributed by atoms with Gasteiger partial charge in [-0.05, 0) is 43.3 Å². The second-order valence-corrected chi connectivity index (χ2v) is 6.91. The summed E-state index contributed by atoms with van der Waals surface area (Å²) < 4.78 is 30.5. The molecule has 0 fully saturated rings. The van der Waals surface area contributed by atoms with Crippen LogP contribution in [0.2, 0.25) is 0 Å². The number of nitrogens with two attached hydrogens (primary N) is 1. The molecular formula is C16H18N2O4S. The van der Waals surface area contributed by atoms with Crippen LogP contribution in [0.15, 0.2) is 54.6 Å². The average Bonchev–Trinajstić information content (AvgIpc) is 2.49. The summed E-state index contributed by atoms with van der Waals surface area (Å²) in [4.78, 5) is 11.4. The van der Waals surface area contributed by atoms with E-state index >= 15 is 0 Å². The summed E-state index contributed by atoms with van der Waals surface area (Å²) in [5.41, 5.74) is 5.58. The normalized spacial score (nSPS) is 12.4. The van der Waals surface area contributed by atoms with Crippen molar-refractivity contribution in [2.24, 2.45) is 5.73 Å². The maximum absolute atomic E-state index is 11.9. The molecular weight excluding hydrogens is 316 g/mol. The van der Waals surface area contributed by atoms with E-state index in [9.17, 15) is 13.2 Å². The number of amides is 1. The molecule has 0 unspecified atom stereocenters. The number of rotatable bonds is 6. The fraction of sp³-hybridized carbons (Fsp3) is 0.188. The molecule has 23 heavy (non-hydrogen) atoms. The summed E-state index contributed by atoms with van der Waals surface area (Å²) in [6, 6.07) is 14.6. The maximum atomic E-state index is 11.9. The van der Waals surface area contributed by atoms with Gasteiger partial charge >= 0.3 is 0 Å². The molecule has 0 aromatic heterocycles. The van der Waals surface area contributed by atoms with E-state index in [0.29, 0.717) is 17.2 Å². The van der Waals surface area contributed by atoms with E-state index < -0.39 is 22.0 Å². The summed E-state index contributed by atoms with van der Waals surface area (Å²) in [6.07, 6.45) is 1.03. The number of hydrogen-bond donors (Lipinski definition) is 1. The molecule has 2 rings (SSSR count). The standard InChI is InChI=1S/C16H18N2O4S/c1-12(16(17)19)18(23(2,20)21)13-8-10-15(11-9-13)22-14-6-4-3-5-7-14/h3-12H,1-2H3,(H2,17,19)/t12-/m0/s1. The van der Waals surface area contributed by atoms with E-state index in [1.807, 2.05) is 30.3 Å². The number of para-hydroxylation sites is 1. The van der Waals surface area contributed by atoms with Crippen molar-refractivity contribution in [2.45, 2.75) is 13.0 Å². The SMILES string of the molecule is C[C@@H](C(N)=O)N(c1ccc(Oc2ccccc2)cc1)S(C)(=O)=O. The van der Waals surface area contributed by atoms with Crippen LogP contribution in [0.25, 0.3) is 0 Å². The Hall–Kier alpha value is -2.54. The van der Waals surface area contributed by atoms with Crippen molar-refractivity contribution in [1.29, 1.82) is 0 Å². The third-order valence-corrected chi connectivity index (χ3v) is 4.43. The van der Waals surface area contributed by atoms with Crippen LogP contribution in [0.4, 0.5) is 5.69 Å². The Labute approximate surface area is 135 Å². The van der Waals surface area contributed by atoms with Gasteiger partial charge in [-0.2, -0.15) is 0 Å². The minimum absolute atomic E-state index is 0.346. The monoisotopic (exact) mass is 334 g/mol. The quantitative estimate of drug-likeness (QED) is 0.876. The van der Waals surface area contributed by atoms with E-state index in [1.165, 1.54) is 6.92 Å². The number of anilines is 1. The Kier molecular flexibility index (Phi) is 4.90. The molecule has 0 radical (unpaired) electrons. The van der Waals surface area contributed by atoms with Gasteiger partial charge in [0.15, 0.2) is 0 Å². The fourth-order valence-corrected chi connectivity index (χ4v) is 3.29. The van der Waals surface area contributed by atoms with Crippen LogP contribution in [0.1, 0.15) is 6.92 Å². The molecule has 0 spiro atoms. The molecule has 0 bridgehead atoms. The topological polar surface area (TPSA) is 89.7 Å². The molecule has 0 aliphatic heterocycles. The first kappa shape index (κ1) is 16.8. The van der Waals surface area contributed by atoms with Crippen LogP contribution in [-0.4, -0.2) is 26.6 Å². The number of carbonyl (C=O) groups is 1. The molecule has 0 heterocycles. The second-order valence-electron chi connectivity index (χ2n) is 5.05. The zero-order chi connectivity index (χ0) is 17.0. The lowest BCUT2D eigenvalue weighted by molar-refractivity contribution is -0.118. The highest BCUT2D eigenvalue weighted by Crippen LogP contribution is 2.26. The van der Waals surface area contributed by atoms with Crippen molar-refractivity contribution < 1.29 is 17.9 Å². The van der Waals surface area contributed by atoms with Gasteiger partial charge in [-0.25, -0.2) is 8.42 Å². The van der Waals surface area contributed by atoms with Gasteiger partial charge in [0.25, 0.3) is 0 Å². The van der Waals surface area contributed by atoms with Gasteiger partial charge in [0.1, 0.15) is 17.5 Å². The zero-order valence-corrected chi connectivity index (χ0v) is 13.7. The van der Waals surface area contributed by atoms with Crippen molar-refractivity contribution in [1.82, 2.24) is 0 Å². The third kappa shape index (κ3) is 4.23. The smallest absolute Gasteiger partial charge is 0.241 e. The molecule has 6 nitrogen and oxygen atoms in total. The third-order valence-electron chi connectivity index (χ3n) is 3.19. The van der Waals surface area contributed by atoms with E-state index in [1.54, 1.807) is 24.3 Å². The Morgan fingerprint density at radius 3 is 2.04 bits per heavy atom. The lowest BCUT2D eigenvalue weighted by Crippen LogP contribution is -2.45. The van der Waals surface area contributed by atoms with E-state index in [4.69, 9.17) is 10.5 Å². The van der Waals surface area contributed by atoms with Crippen LogP contribution in [-0.2, 0) is 14.8 Å². The van der Waals surface area contributed by atoms with Crippen molar-refractivity contribution >= 4 is 21.6 Å². The molecule has 0 aliphatic rings. The van der Waals surface area contributed by atoms with Crippen LogP contribution >= 0.6 is 0 Å². The summed E-state index contributed by atoms with van der Waals surface area (Å²) in [5.74, 6) is 0.505. The van der Waals surface area contributed by atoms with Gasteiger partial charge in [0.05, 0.1) is 11.9 Å². The second kappa shape index (κ2) is 6.70. The number of ether oxygens (including phenoxy) is 1. The lowest BCUT2D eigenvalue weighted by atomic mass is 10.2. The van der Waals surface area contributed by atoms with Gasteiger partial charge in [0, 0.05) is 0 Å². The molecule has 2 N–H and O–H groups in total. The van der Waals surface area contributed by atoms with Crippen molar-refractivity contribution in [3.05, 3.63) is 54.6 Å². The van der Waals surface area contributed by atoms with Gasteiger partial charge in [0.2, 0.25) is 15.9 Å². The minimum atomic E-state index is -3.64. The summed E-state index contributed by atoms with van der Waals surface area (Å²) in [7, 11) is -3.64. The highest BCUT2D eigenvalue weighted by molar-refractivity contribution is 7.92. The largest absolute Gasteiger partial charge is 0.457 e. The number of carbonyl (C=O) groups excluding carboxylic acids is 1. The average molecular weight is 334 g/mol. The predicted molar refractivity (Wildman–Crippen MR) is 88.9 cm³/mol. The maximum Gasteiger partial charge on any atom is 0.241 e. The van der Waals surface area contributed by atoms with Gasteiger partial charge in [-0.15, -0.1) is 0 Å². The number of primary amides is 1. The van der Waals surface area contributed by atoms with Crippen molar-refractivity contribution in [3.8, 4) is 11.5 Å². The molecule has 7 heteroatoms. The molecule has 122 valence electrons. The van der Waals surface area contributed by atoms with E-state index in [-0.39, 0.29) is 0 Å². The highest BCUT2D eigenvalue weighted by atomic mass is 32.2. The highest BCUT2D eigenvalue weighted by Gasteiger charge is 2.27. The molecule has 0 saturated heterocycles. The minimum Gasteiger partial charge on any atom is -0.457 e. The molecule has 0 saturated carbocycles. The Bertz CT molecular complexity index is 773. The van der Waals surface area contributed by atoms with Crippen LogP contribution in [0.3, 0.4) is 0 Å². The molecule has 2 aromatic carbocycles. The van der Waals surface area contributed by atoms with Gasteiger partial charge in [-0.1, -0.05) is 18.2 Å². The van der Waals surface area contributed by atoms with Gasteiger partial charge in [-0.3, -0.25) is 9.10 Å². The lowest BCUT2D eigenvalue weighted by Gasteiger charge is -2.26. The van der Waals surface area contributed by atoms with Gasteiger partial charge < -0.3 is 10.5 Å². The predicted octanol–water partition coefficient (Wildman–Crippen LogP) is 2.12. The number of sulfonamides is 1. The summed E-state index contributed by atoms with van der Waals surface area (Å²) in [6.45, 7) is 1.44. The summed E-state index contributed by atoms with van der Waals surface area (Å²) >= 11 is 0. The first-order valence-electron chi connectivity index (χ1n) is 6.91. The zero-order valence-electron chi connectivity index (χ0n) is 12.8. The van der Waals surface area contributed by atoms with Crippen LogP contribution in [0.5, 0.6) is 11.5 Å². The van der Waals surface area contributed by atoms with E-state index in [2.05, 4.69) is 0 Å². The number of hydrogen-bond acceptors (Lipinski definition) is 4. The number of benzene rings is 2.